The number of nitrogens with zero attached hydrogens (tertiary/aromatic N) is 2. The standard InChI is InChI=1S/C12H21N3O/c1-14-4-2-5-15(7-6-14)10-12-11(9-13)3-8-16-12/h3,8H,2,4-7,9-10,13H2,1H3. The molecule has 2 rings (SSSR count). The van der Waals surface area contributed by atoms with Gasteiger partial charge in [0.2, 0.25) is 0 Å². The summed E-state index contributed by atoms with van der Waals surface area (Å²) in [4.78, 5) is 4.83. The topological polar surface area (TPSA) is 45.6 Å². The van der Waals surface area contributed by atoms with Crippen LogP contribution in [0.4, 0.5) is 0 Å². The number of hydrogen-bond acceptors (Lipinski definition) is 4. The molecule has 0 bridgehead atoms. The number of likely N-dealkylation sites (N-methyl/N-ethyl adjacent to an activating group) is 1. The smallest absolute Gasteiger partial charge is 0.122 e. The molecule has 4 nitrogen and oxygen atoms in total. The van der Waals surface area contributed by atoms with E-state index in [-0.39, 0.29) is 0 Å². The fraction of sp³-hybridized carbons (Fsp3) is 0.667. The van der Waals surface area contributed by atoms with E-state index in [9.17, 15) is 0 Å². The molecule has 4 heteroatoms. The van der Waals surface area contributed by atoms with Crippen molar-refractivity contribution in [2.24, 2.45) is 5.73 Å². The van der Waals surface area contributed by atoms with Crippen LogP contribution in [0.15, 0.2) is 16.7 Å². The molecule has 0 saturated carbocycles. The molecule has 0 radical (unpaired) electrons. The van der Waals surface area contributed by atoms with E-state index in [1.807, 2.05) is 6.07 Å². The Bertz CT molecular complexity index is 324. The van der Waals surface area contributed by atoms with Crippen molar-refractivity contribution >= 4 is 0 Å². The van der Waals surface area contributed by atoms with Crippen molar-refractivity contribution in [1.82, 2.24) is 9.80 Å². The first-order valence-corrected chi connectivity index (χ1v) is 5.96. The van der Waals surface area contributed by atoms with Crippen LogP contribution >= 0.6 is 0 Å². The summed E-state index contributed by atoms with van der Waals surface area (Å²) in [6.07, 6.45) is 2.97. The van der Waals surface area contributed by atoms with Gasteiger partial charge >= 0.3 is 0 Å². The van der Waals surface area contributed by atoms with E-state index in [0.29, 0.717) is 6.54 Å². The van der Waals surface area contributed by atoms with Gasteiger partial charge in [-0.25, -0.2) is 0 Å². The zero-order valence-electron chi connectivity index (χ0n) is 9.98. The highest BCUT2D eigenvalue weighted by Crippen LogP contribution is 2.14. The Hall–Kier alpha value is -0.840. The van der Waals surface area contributed by atoms with Gasteiger partial charge in [-0.05, 0) is 32.6 Å². The first-order chi connectivity index (χ1) is 7.79. The maximum absolute atomic E-state index is 5.67. The first kappa shape index (κ1) is 11.6. The van der Waals surface area contributed by atoms with Crippen molar-refractivity contribution in [2.75, 3.05) is 33.2 Å². The molecule has 1 aliphatic heterocycles. The lowest BCUT2D eigenvalue weighted by Crippen LogP contribution is -2.28. The summed E-state index contributed by atoms with van der Waals surface area (Å²) in [5, 5.41) is 0. The molecule has 1 aromatic rings. The van der Waals surface area contributed by atoms with E-state index in [1.54, 1.807) is 6.26 Å². The Morgan fingerprint density at radius 3 is 3.00 bits per heavy atom. The number of furan rings is 1. The Labute approximate surface area is 97.0 Å². The zero-order valence-corrected chi connectivity index (χ0v) is 9.98. The van der Waals surface area contributed by atoms with Crippen LogP contribution in [0, 0.1) is 0 Å². The van der Waals surface area contributed by atoms with Gasteiger partial charge in [0.05, 0.1) is 12.8 Å². The maximum Gasteiger partial charge on any atom is 0.122 e. The molecule has 0 amide bonds. The lowest BCUT2D eigenvalue weighted by Gasteiger charge is -2.19. The van der Waals surface area contributed by atoms with Crippen molar-refractivity contribution in [3.8, 4) is 0 Å². The van der Waals surface area contributed by atoms with Crippen LogP contribution in [0.1, 0.15) is 17.7 Å². The first-order valence-electron chi connectivity index (χ1n) is 5.96. The van der Waals surface area contributed by atoms with Crippen LogP contribution in [-0.2, 0) is 13.1 Å². The van der Waals surface area contributed by atoms with E-state index < -0.39 is 0 Å². The summed E-state index contributed by atoms with van der Waals surface area (Å²) in [5.41, 5.74) is 6.80. The van der Waals surface area contributed by atoms with Crippen LogP contribution in [-0.4, -0.2) is 43.0 Å². The fourth-order valence-electron chi connectivity index (χ4n) is 2.15. The van der Waals surface area contributed by atoms with Gasteiger partial charge in [0, 0.05) is 25.2 Å². The van der Waals surface area contributed by atoms with E-state index in [2.05, 4.69) is 16.8 Å². The minimum absolute atomic E-state index is 0.569. The SMILES string of the molecule is CN1CCCN(Cc2occc2CN)CC1. The van der Waals surface area contributed by atoms with Crippen LogP contribution in [0.3, 0.4) is 0 Å². The minimum Gasteiger partial charge on any atom is -0.468 e. The molecule has 2 heterocycles. The van der Waals surface area contributed by atoms with Crippen LogP contribution in [0.5, 0.6) is 0 Å². The number of hydrogen-bond donors (Lipinski definition) is 1. The predicted octanol–water partition coefficient (Wildman–Crippen LogP) is 0.876. The van der Waals surface area contributed by atoms with E-state index >= 15 is 0 Å². The van der Waals surface area contributed by atoms with Crippen LogP contribution in [0.25, 0.3) is 0 Å². The molecule has 1 aliphatic rings. The Morgan fingerprint density at radius 2 is 2.19 bits per heavy atom. The van der Waals surface area contributed by atoms with Crippen molar-refractivity contribution in [1.29, 1.82) is 0 Å². The molecular weight excluding hydrogens is 202 g/mol. The minimum atomic E-state index is 0.569. The fourth-order valence-corrected chi connectivity index (χ4v) is 2.15. The average Bonchev–Trinajstić information content (AvgIpc) is 2.63. The van der Waals surface area contributed by atoms with Gasteiger partial charge in [-0.1, -0.05) is 0 Å². The molecule has 2 N–H and O–H groups in total. The monoisotopic (exact) mass is 223 g/mol. The molecular formula is C12H21N3O. The molecule has 0 aliphatic carbocycles. The predicted molar refractivity (Wildman–Crippen MR) is 64.0 cm³/mol. The molecule has 0 atom stereocenters. The van der Waals surface area contributed by atoms with Gasteiger partial charge in [0.1, 0.15) is 5.76 Å². The number of rotatable bonds is 3. The van der Waals surface area contributed by atoms with Gasteiger partial charge in [-0.3, -0.25) is 4.90 Å². The lowest BCUT2D eigenvalue weighted by atomic mass is 10.2. The van der Waals surface area contributed by atoms with Crippen molar-refractivity contribution in [2.45, 2.75) is 19.5 Å². The second kappa shape index (κ2) is 5.48. The summed E-state index contributed by atoms with van der Waals surface area (Å²) in [5.74, 6) is 1.03. The Morgan fingerprint density at radius 1 is 1.31 bits per heavy atom. The molecule has 16 heavy (non-hydrogen) atoms. The normalized spacial score (nSPS) is 19.9. The average molecular weight is 223 g/mol. The third kappa shape index (κ3) is 2.84. The molecule has 1 fully saturated rings. The third-order valence-electron chi connectivity index (χ3n) is 3.24. The van der Waals surface area contributed by atoms with E-state index in [0.717, 1.165) is 37.5 Å². The lowest BCUT2D eigenvalue weighted by molar-refractivity contribution is 0.247. The van der Waals surface area contributed by atoms with E-state index in [4.69, 9.17) is 10.2 Å². The molecule has 0 spiro atoms. The summed E-state index contributed by atoms with van der Waals surface area (Å²) in [6.45, 7) is 6.06. The molecule has 0 aromatic carbocycles. The summed E-state index contributed by atoms with van der Waals surface area (Å²) < 4.78 is 5.49. The highest BCUT2D eigenvalue weighted by molar-refractivity contribution is 5.16. The van der Waals surface area contributed by atoms with Gasteiger partial charge < -0.3 is 15.1 Å². The third-order valence-corrected chi connectivity index (χ3v) is 3.24. The molecule has 1 aromatic heterocycles. The van der Waals surface area contributed by atoms with Gasteiger partial charge in [-0.2, -0.15) is 0 Å². The molecule has 0 unspecified atom stereocenters. The van der Waals surface area contributed by atoms with Crippen molar-refractivity contribution in [3.63, 3.8) is 0 Å². The Balaban J connectivity index is 1.93. The Kier molecular flexibility index (Phi) is 3.98. The summed E-state index contributed by atoms with van der Waals surface area (Å²) in [7, 11) is 2.18. The van der Waals surface area contributed by atoms with Crippen LogP contribution < -0.4 is 5.73 Å². The number of nitrogens with two attached hydrogens (primary N) is 1. The van der Waals surface area contributed by atoms with Crippen LogP contribution in [0.2, 0.25) is 0 Å². The van der Waals surface area contributed by atoms with E-state index in [1.165, 1.54) is 13.0 Å². The summed E-state index contributed by atoms with van der Waals surface area (Å²) in [6, 6.07) is 1.97. The summed E-state index contributed by atoms with van der Waals surface area (Å²) >= 11 is 0. The highest BCUT2D eigenvalue weighted by atomic mass is 16.3. The second-order valence-corrected chi connectivity index (χ2v) is 4.51. The molecule has 1 saturated heterocycles. The highest BCUT2D eigenvalue weighted by Gasteiger charge is 2.15. The maximum atomic E-state index is 5.67. The zero-order chi connectivity index (χ0) is 11.4. The van der Waals surface area contributed by atoms with Gasteiger partial charge in [0.25, 0.3) is 0 Å². The van der Waals surface area contributed by atoms with Crippen molar-refractivity contribution < 1.29 is 4.42 Å². The van der Waals surface area contributed by atoms with Crippen molar-refractivity contribution in [3.05, 3.63) is 23.7 Å². The largest absolute Gasteiger partial charge is 0.468 e. The van der Waals surface area contributed by atoms with Gasteiger partial charge in [-0.15, -0.1) is 0 Å². The quantitative estimate of drug-likeness (QED) is 0.826. The molecule has 90 valence electrons. The van der Waals surface area contributed by atoms with Gasteiger partial charge in [0.15, 0.2) is 0 Å². The second-order valence-electron chi connectivity index (χ2n) is 4.51.